The van der Waals surface area contributed by atoms with E-state index in [0.29, 0.717) is 11.6 Å². The smallest absolute Gasteiger partial charge is 0.270 e. The van der Waals surface area contributed by atoms with E-state index in [1.54, 1.807) is 12.3 Å². The Hall–Kier alpha value is -1.58. The fraction of sp³-hybridized carbons (Fsp3) is 0.500. The SMILES string of the molecule is CNc1ccc(C(=O)NC(C)C(C)C)nc1. The van der Waals surface area contributed by atoms with Gasteiger partial charge in [-0.15, -0.1) is 0 Å². The van der Waals surface area contributed by atoms with Crippen molar-refractivity contribution in [3.05, 3.63) is 24.0 Å². The molecule has 0 spiro atoms. The molecule has 0 saturated carbocycles. The highest BCUT2D eigenvalue weighted by atomic mass is 16.1. The van der Waals surface area contributed by atoms with E-state index in [2.05, 4.69) is 29.5 Å². The lowest BCUT2D eigenvalue weighted by Crippen LogP contribution is -2.36. The predicted octanol–water partition coefficient (Wildman–Crippen LogP) is 1.90. The van der Waals surface area contributed by atoms with Crippen molar-refractivity contribution in [3.63, 3.8) is 0 Å². The lowest BCUT2D eigenvalue weighted by Gasteiger charge is -2.17. The summed E-state index contributed by atoms with van der Waals surface area (Å²) in [6.07, 6.45) is 1.65. The second kappa shape index (κ2) is 5.49. The van der Waals surface area contributed by atoms with Gasteiger partial charge in [-0.05, 0) is 25.0 Å². The van der Waals surface area contributed by atoms with Crippen LogP contribution in [0.4, 0.5) is 5.69 Å². The number of carbonyl (C=O) groups is 1. The van der Waals surface area contributed by atoms with E-state index in [-0.39, 0.29) is 11.9 Å². The number of anilines is 1. The third-order valence-electron chi connectivity index (χ3n) is 2.64. The zero-order valence-electron chi connectivity index (χ0n) is 10.2. The van der Waals surface area contributed by atoms with Gasteiger partial charge in [-0.25, -0.2) is 4.98 Å². The van der Waals surface area contributed by atoms with Crippen LogP contribution in [0.2, 0.25) is 0 Å². The minimum atomic E-state index is -0.121. The van der Waals surface area contributed by atoms with Crippen molar-refractivity contribution in [3.8, 4) is 0 Å². The maximum atomic E-state index is 11.8. The highest BCUT2D eigenvalue weighted by molar-refractivity contribution is 5.92. The van der Waals surface area contributed by atoms with Crippen molar-refractivity contribution in [1.82, 2.24) is 10.3 Å². The van der Waals surface area contributed by atoms with Crippen molar-refractivity contribution < 1.29 is 4.79 Å². The molecule has 1 atom stereocenters. The largest absolute Gasteiger partial charge is 0.387 e. The van der Waals surface area contributed by atoms with Crippen LogP contribution < -0.4 is 10.6 Å². The molecular formula is C12H19N3O. The summed E-state index contributed by atoms with van der Waals surface area (Å²) in [5.41, 5.74) is 1.35. The molecule has 4 nitrogen and oxygen atoms in total. The van der Waals surface area contributed by atoms with Gasteiger partial charge in [0.15, 0.2) is 0 Å². The van der Waals surface area contributed by atoms with Gasteiger partial charge in [-0.3, -0.25) is 4.79 Å². The number of pyridine rings is 1. The van der Waals surface area contributed by atoms with Crippen LogP contribution >= 0.6 is 0 Å². The van der Waals surface area contributed by atoms with Gasteiger partial charge in [-0.2, -0.15) is 0 Å². The van der Waals surface area contributed by atoms with Crippen LogP contribution in [0.1, 0.15) is 31.3 Å². The Labute approximate surface area is 96.5 Å². The van der Waals surface area contributed by atoms with Gasteiger partial charge < -0.3 is 10.6 Å². The molecule has 2 N–H and O–H groups in total. The molecule has 1 heterocycles. The average Bonchev–Trinajstić information content (AvgIpc) is 2.28. The third kappa shape index (κ3) is 3.22. The van der Waals surface area contributed by atoms with Gasteiger partial charge >= 0.3 is 0 Å². The minimum Gasteiger partial charge on any atom is -0.387 e. The Morgan fingerprint density at radius 2 is 2.00 bits per heavy atom. The normalized spacial score (nSPS) is 12.3. The molecule has 0 aliphatic carbocycles. The molecule has 0 radical (unpaired) electrons. The highest BCUT2D eigenvalue weighted by Gasteiger charge is 2.13. The number of hydrogen-bond acceptors (Lipinski definition) is 3. The van der Waals surface area contributed by atoms with Crippen LogP contribution in [0.3, 0.4) is 0 Å². The van der Waals surface area contributed by atoms with E-state index in [9.17, 15) is 4.79 Å². The first-order valence-corrected chi connectivity index (χ1v) is 5.49. The predicted molar refractivity (Wildman–Crippen MR) is 65.5 cm³/mol. The Bertz CT molecular complexity index is 346. The lowest BCUT2D eigenvalue weighted by atomic mass is 10.1. The standard InChI is InChI=1S/C12H19N3O/c1-8(2)9(3)15-12(16)11-6-5-10(13-4)7-14-11/h5-9,13H,1-4H3,(H,15,16). The van der Waals surface area contributed by atoms with Crippen LogP contribution in [0.25, 0.3) is 0 Å². The summed E-state index contributed by atoms with van der Waals surface area (Å²) in [6.45, 7) is 6.13. The van der Waals surface area contributed by atoms with E-state index in [1.165, 1.54) is 0 Å². The average molecular weight is 221 g/mol. The van der Waals surface area contributed by atoms with Gasteiger partial charge in [0.25, 0.3) is 5.91 Å². The summed E-state index contributed by atoms with van der Waals surface area (Å²) in [6, 6.07) is 3.70. The van der Waals surface area contributed by atoms with Gasteiger partial charge in [-0.1, -0.05) is 13.8 Å². The Balaban J connectivity index is 2.66. The summed E-state index contributed by atoms with van der Waals surface area (Å²) in [7, 11) is 1.82. The molecule has 0 aliphatic heterocycles. The van der Waals surface area contributed by atoms with Gasteiger partial charge in [0.1, 0.15) is 5.69 Å². The molecule has 1 amide bonds. The number of nitrogens with zero attached hydrogens (tertiary/aromatic N) is 1. The highest BCUT2D eigenvalue weighted by Crippen LogP contribution is 2.06. The first-order valence-electron chi connectivity index (χ1n) is 5.49. The number of nitrogens with one attached hydrogen (secondary N) is 2. The number of hydrogen-bond donors (Lipinski definition) is 2. The zero-order valence-corrected chi connectivity index (χ0v) is 10.2. The first kappa shape index (κ1) is 12.5. The molecule has 0 fully saturated rings. The molecule has 1 aromatic heterocycles. The van der Waals surface area contributed by atoms with E-state index >= 15 is 0 Å². The molecule has 4 heteroatoms. The number of amides is 1. The van der Waals surface area contributed by atoms with Gasteiger partial charge in [0.2, 0.25) is 0 Å². The van der Waals surface area contributed by atoms with E-state index < -0.39 is 0 Å². The minimum absolute atomic E-state index is 0.121. The molecule has 1 unspecified atom stereocenters. The topological polar surface area (TPSA) is 54.0 Å². The lowest BCUT2D eigenvalue weighted by molar-refractivity contribution is 0.0925. The Morgan fingerprint density at radius 1 is 1.31 bits per heavy atom. The van der Waals surface area contributed by atoms with Crippen molar-refractivity contribution >= 4 is 11.6 Å². The fourth-order valence-electron chi connectivity index (χ4n) is 1.12. The van der Waals surface area contributed by atoms with Gasteiger partial charge in [0, 0.05) is 13.1 Å². The van der Waals surface area contributed by atoms with Crippen molar-refractivity contribution in [1.29, 1.82) is 0 Å². The Kier molecular flexibility index (Phi) is 4.28. The molecule has 16 heavy (non-hydrogen) atoms. The number of aromatic nitrogens is 1. The maximum absolute atomic E-state index is 11.8. The quantitative estimate of drug-likeness (QED) is 0.816. The van der Waals surface area contributed by atoms with Crippen LogP contribution in [0, 0.1) is 5.92 Å². The van der Waals surface area contributed by atoms with Gasteiger partial charge in [0.05, 0.1) is 11.9 Å². The molecular weight excluding hydrogens is 202 g/mol. The fourth-order valence-corrected chi connectivity index (χ4v) is 1.12. The molecule has 0 aliphatic rings. The van der Waals surface area contributed by atoms with Crippen molar-refractivity contribution in [2.24, 2.45) is 5.92 Å². The van der Waals surface area contributed by atoms with Crippen LogP contribution in [0.15, 0.2) is 18.3 Å². The van der Waals surface area contributed by atoms with E-state index in [0.717, 1.165) is 5.69 Å². The number of carbonyl (C=O) groups excluding carboxylic acids is 1. The summed E-state index contributed by atoms with van der Waals surface area (Å²) in [4.78, 5) is 15.9. The molecule has 0 aromatic carbocycles. The van der Waals surface area contributed by atoms with E-state index in [1.807, 2.05) is 20.0 Å². The zero-order chi connectivity index (χ0) is 12.1. The van der Waals surface area contributed by atoms with Crippen LogP contribution in [-0.4, -0.2) is 24.0 Å². The summed E-state index contributed by atoms with van der Waals surface area (Å²) in [5.74, 6) is 0.296. The molecule has 0 bridgehead atoms. The van der Waals surface area contributed by atoms with Crippen LogP contribution in [-0.2, 0) is 0 Å². The molecule has 88 valence electrons. The Morgan fingerprint density at radius 3 is 2.44 bits per heavy atom. The third-order valence-corrected chi connectivity index (χ3v) is 2.64. The number of rotatable bonds is 4. The van der Waals surface area contributed by atoms with E-state index in [4.69, 9.17) is 0 Å². The van der Waals surface area contributed by atoms with Crippen molar-refractivity contribution in [2.45, 2.75) is 26.8 Å². The summed E-state index contributed by atoms with van der Waals surface area (Å²) < 4.78 is 0. The molecule has 0 saturated heterocycles. The first-order chi connectivity index (χ1) is 7.54. The van der Waals surface area contributed by atoms with Crippen molar-refractivity contribution in [2.75, 3.05) is 12.4 Å². The molecule has 1 aromatic rings. The summed E-state index contributed by atoms with van der Waals surface area (Å²) in [5, 5.41) is 5.87. The monoisotopic (exact) mass is 221 g/mol. The maximum Gasteiger partial charge on any atom is 0.270 e. The molecule has 1 rings (SSSR count). The van der Waals surface area contributed by atoms with Crippen LogP contribution in [0.5, 0.6) is 0 Å². The summed E-state index contributed by atoms with van der Waals surface area (Å²) >= 11 is 0. The second-order valence-electron chi connectivity index (χ2n) is 4.19. The second-order valence-corrected chi connectivity index (χ2v) is 4.19.